The van der Waals surface area contributed by atoms with Crippen molar-refractivity contribution in [2.24, 2.45) is 11.8 Å². The lowest BCUT2D eigenvalue weighted by Crippen LogP contribution is -2.28. The lowest BCUT2D eigenvalue weighted by molar-refractivity contribution is 0.240. The predicted octanol–water partition coefficient (Wildman–Crippen LogP) is 3.51. The van der Waals surface area contributed by atoms with Crippen molar-refractivity contribution in [1.82, 2.24) is 25.5 Å². The summed E-state index contributed by atoms with van der Waals surface area (Å²) in [5, 5.41) is 16.0. The topological polar surface area (TPSA) is 55.6 Å². The first-order chi connectivity index (χ1) is 10.1. The summed E-state index contributed by atoms with van der Waals surface area (Å²) < 4.78 is 2.08. The highest BCUT2D eigenvalue weighted by Gasteiger charge is 2.26. The fourth-order valence-corrected chi connectivity index (χ4v) is 3.34. The van der Waals surface area contributed by atoms with Crippen LogP contribution in [0, 0.1) is 11.8 Å². The molecule has 0 aliphatic heterocycles. The average molecular weight is 293 g/mol. The molecule has 5 heteroatoms. The van der Waals surface area contributed by atoms with Crippen LogP contribution in [0.15, 0.2) is 0 Å². The molecule has 120 valence electrons. The van der Waals surface area contributed by atoms with E-state index in [-0.39, 0.29) is 6.04 Å². The molecule has 1 aromatic heterocycles. The summed E-state index contributed by atoms with van der Waals surface area (Å²) in [6.07, 6.45) is 7.78. The van der Waals surface area contributed by atoms with Crippen LogP contribution in [0.4, 0.5) is 0 Å². The third kappa shape index (κ3) is 4.50. The summed E-state index contributed by atoms with van der Waals surface area (Å²) in [5.74, 6) is 2.55. The highest BCUT2D eigenvalue weighted by Crippen LogP contribution is 2.34. The van der Waals surface area contributed by atoms with Gasteiger partial charge in [-0.1, -0.05) is 33.6 Å². The van der Waals surface area contributed by atoms with Gasteiger partial charge in [0.25, 0.3) is 0 Å². The molecule has 0 radical (unpaired) electrons. The lowest BCUT2D eigenvalue weighted by Gasteiger charge is -2.29. The van der Waals surface area contributed by atoms with Gasteiger partial charge in [0.05, 0.1) is 12.1 Å². The zero-order valence-corrected chi connectivity index (χ0v) is 14.0. The molecule has 0 spiro atoms. The van der Waals surface area contributed by atoms with E-state index < -0.39 is 0 Å². The number of rotatable bonds is 7. The van der Waals surface area contributed by atoms with Gasteiger partial charge in [0.1, 0.15) is 0 Å². The number of hydrogen-bond donors (Lipinski definition) is 1. The lowest BCUT2D eigenvalue weighted by atomic mass is 9.83. The normalized spacial score (nSPS) is 24.4. The molecule has 1 aliphatic carbocycles. The van der Waals surface area contributed by atoms with E-state index in [0.29, 0.717) is 12.0 Å². The van der Waals surface area contributed by atoms with Crippen LogP contribution in [0.25, 0.3) is 0 Å². The van der Waals surface area contributed by atoms with Crippen molar-refractivity contribution in [3.8, 4) is 0 Å². The zero-order chi connectivity index (χ0) is 15.2. The zero-order valence-electron chi connectivity index (χ0n) is 14.0. The Morgan fingerprint density at radius 3 is 2.52 bits per heavy atom. The van der Waals surface area contributed by atoms with Gasteiger partial charge in [-0.2, -0.15) is 0 Å². The van der Waals surface area contributed by atoms with Crippen molar-refractivity contribution in [1.29, 1.82) is 0 Å². The Balaban J connectivity index is 1.94. The quantitative estimate of drug-likeness (QED) is 0.836. The van der Waals surface area contributed by atoms with Gasteiger partial charge < -0.3 is 5.32 Å². The van der Waals surface area contributed by atoms with E-state index in [0.717, 1.165) is 18.3 Å². The highest BCUT2D eigenvalue weighted by molar-refractivity contribution is 4.93. The summed E-state index contributed by atoms with van der Waals surface area (Å²) in [4.78, 5) is 0. The number of hydrogen-bond acceptors (Lipinski definition) is 4. The molecule has 0 saturated heterocycles. The number of nitrogens with zero attached hydrogens (tertiary/aromatic N) is 4. The third-order valence-corrected chi connectivity index (χ3v) is 4.60. The minimum Gasteiger partial charge on any atom is -0.307 e. The van der Waals surface area contributed by atoms with Gasteiger partial charge in [-0.25, -0.2) is 4.68 Å². The van der Waals surface area contributed by atoms with Crippen molar-refractivity contribution >= 4 is 0 Å². The Morgan fingerprint density at radius 2 is 1.90 bits per heavy atom. The fraction of sp³-hybridized carbons (Fsp3) is 0.938. The Hall–Kier alpha value is -0.970. The molecule has 0 aromatic carbocycles. The minimum absolute atomic E-state index is 0.218. The van der Waals surface area contributed by atoms with Gasteiger partial charge in [0.15, 0.2) is 5.82 Å². The van der Waals surface area contributed by atoms with E-state index in [4.69, 9.17) is 0 Å². The van der Waals surface area contributed by atoms with Crippen LogP contribution in [0.3, 0.4) is 0 Å². The first-order valence-electron chi connectivity index (χ1n) is 8.62. The highest BCUT2D eigenvalue weighted by atomic mass is 15.6. The molecule has 1 heterocycles. The standard InChI is InChI=1S/C16H31N5/c1-5-6-14-7-9-15(10-8-14)21-16(18-19-20-21)13(4)17-11-12(2)3/h12-15,17H,5-11H2,1-4H3. The van der Waals surface area contributed by atoms with E-state index in [1.165, 1.54) is 38.5 Å². The summed E-state index contributed by atoms with van der Waals surface area (Å²) in [5.41, 5.74) is 0. The maximum atomic E-state index is 4.27. The molecule has 1 N–H and O–H groups in total. The molecule has 1 atom stereocenters. The molecule has 1 aromatic rings. The maximum Gasteiger partial charge on any atom is 0.168 e. The van der Waals surface area contributed by atoms with Crippen LogP contribution in [-0.4, -0.2) is 26.8 Å². The number of tetrazole rings is 1. The second-order valence-corrected chi connectivity index (χ2v) is 6.97. The van der Waals surface area contributed by atoms with Crippen molar-refractivity contribution < 1.29 is 0 Å². The van der Waals surface area contributed by atoms with Gasteiger partial charge in [-0.05, 0) is 61.4 Å². The molecule has 21 heavy (non-hydrogen) atoms. The fourth-order valence-electron chi connectivity index (χ4n) is 3.34. The van der Waals surface area contributed by atoms with Gasteiger partial charge in [0, 0.05) is 0 Å². The molecular formula is C16H31N5. The first-order valence-corrected chi connectivity index (χ1v) is 8.62. The van der Waals surface area contributed by atoms with E-state index in [2.05, 4.69) is 53.2 Å². The summed E-state index contributed by atoms with van der Waals surface area (Å²) >= 11 is 0. The SMILES string of the molecule is CCCC1CCC(n2nnnc2C(C)NCC(C)C)CC1. The Bertz CT molecular complexity index is 407. The smallest absolute Gasteiger partial charge is 0.168 e. The van der Waals surface area contributed by atoms with E-state index in [9.17, 15) is 0 Å². The monoisotopic (exact) mass is 293 g/mol. The summed E-state index contributed by atoms with van der Waals surface area (Å²) in [6, 6.07) is 0.710. The molecular weight excluding hydrogens is 262 g/mol. The Morgan fingerprint density at radius 1 is 1.19 bits per heavy atom. The number of nitrogens with one attached hydrogen (secondary N) is 1. The van der Waals surface area contributed by atoms with Gasteiger partial charge in [-0.3, -0.25) is 0 Å². The van der Waals surface area contributed by atoms with E-state index in [1.807, 2.05) is 0 Å². The van der Waals surface area contributed by atoms with E-state index in [1.54, 1.807) is 0 Å². The van der Waals surface area contributed by atoms with Crippen LogP contribution in [0.2, 0.25) is 0 Å². The summed E-state index contributed by atoms with van der Waals surface area (Å²) in [6.45, 7) is 9.88. The summed E-state index contributed by atoms with van der Waals surface area (Å²) in [7, 11) is 0. The molecule has 1 unspecified atom stereocenters. The minimum atomic E-state index is 0.218. The second-order valence-electron chi connectivity index (χ2n) is 6.97. The molecule has 5 nitrogen and oxygen atoms in total. The van der Waals surface area contributed by atoms with Crippen LogP contribution in [0.1, 0.15) is 84.1 Å². The van der Waals surface area contributed by atoms with Crippen LogP contribution in [-0.2, 0) is 0 Å². The Kier molecular flexibility index (Phi) is 6.15. The van der Waals surface area contributed by atoms with Crippen LogP contribution < -0.4 is 5.32 Å². The molecule has 0 amide bonds. The van der Waals surface area contributed by atoms with E-state index >= 15 is 0 Å². The van der Waals surface area contributed by atoms with Gasteiger partial charge in [0.2, 0.25) is 0 Å². The largest absolute Gasteiger partial charge is 0.307 e. The van der Waals surface area contributed by atoms with Crippen molar-refractivity contribution in [2.45, 2.75) is 78.3 Å². The van der Waals surface area contributed by atoms with Gasteiger partial charge in [-0.15, -0.1) is 5.10 Å². The maximum absolute atomic E-state index is 4.27. The van der Waals surface area contributed by atoms with Crippen molar-refractivity contribution in [3.63, 3.8) is 0 Å². The average Bonchev–Trinajstić information content (AvgIpc) is 2.95. The second kappa shape index (κ2) is 7.87. The van der Waals surface area contributed by atoms with Gasteiger partial charge >= 0.3 is 0 Å². The predicted molar refractivity (Wildman–Crippen MR) is 85.0 cm³/mol. The molecule has 1 saturated carbocycles. The molecule has 1 aliphatic rings. The first kappa shape index (κ1) is 16.4. The van der Waals surface area contributed by atoms with Crippen LogP contribution in [0.5, 0.6) is 0 Å². The molecule has 0 bridgehead atoms. The number of aromatic nitrogens is 4. The molecule has 1 fully saturated rings. The Labute approximate surface area is 128 Å². The van der Waals surface area contributed by atoms with Crippen molar-refractivity contribution in [2.75, 3.05) is 6.54 Å². The van der Waals surface area contributed by atoms with Crippen LogP contribution >= 0.6 is 0 Å². The third-order valence-electron chi connectivity index (χ3n) is 4.60. The molecule has 2 rings (SSSR count). The van der Waals surface area contributed by atoms with Crippen molar-refractivity contribution in [3.05, 3.63) is 5.82 Å².